The Balaban J connectivity index is 2.10. The summed E-state index contributed by atoms with van der Waals surface area (Å²) in [5.74, 6) is 0. The lowest BCUT2D eigenvalue weighted by molar-refractivity contribution is 0.567. The van der Waals surface area contributed by atoms with E-state index in [1.807, 2.05) is 17.8 Å². The van der Waals surface area contributed by atoms with Crippen molar-refractivity contribution in [1.82, 2.24) is 15.1 Å². The minimum absolute atomic E-state index is 0.292. The molecule has 1 aromatic carbocycles. The van der Waals surface area contributed by atoms with Crippen molar-refractivity contribution in [2.75, 3.05) is 0 Å². The van der Waals surface area contributed by atoms with E-state index in [1.165, 1.54) is 16.8 Å². The Morgan fingerprint density at radius 1 is 1.32 bits per heavy atom. The first-order chi connectivity index (χ1) is 9.00. The van der Waals surface area contributed by atoms with Crippen molar-refractivity contribution >= 4 is 15.9 Å². The average molecular weight is 322 g/mol. The number of halogens is 1. The van der Waals surface area contributed by atoms with Crippen molar-refractivity contribution in [2.45, 2.75) is 33.4 Å². The van der Waals surface area contributed by atoms with Crippen LogP contribution in [0.25, 0.3) is 0 Å². The Kier molecular flexibility index (Phi) is 4.42. The van der Waals surface area contributed by atoms with Crippen LogP contribution in [0.1, 0.15) is 35.5 Å². The summed E-state index contributed by atoms with van der Waals surface area (Å²) in [4.78, 5) is 0. The molecule has 1 heterocycles. The van der Waals surface area contributed by atoms with Gasteiger partial charge in [0.05, 0.1) is 5.69 Å². The molecule has 0 aliphatic carbocycles. The van der Waals surface area contributed by atoms with Crippen LogP contribution >= 0.6 is 15.9 Å². The summed E-state index contributed by atoms with van der Waals surface area (Å²) in [5, 5.41) is 8.04. The molecule has 0 aliphatic rings. The van der Waals surface area contributed by atoms with Gasteiger partial charge in [0.2, 0.25) is 0 Å². The van der Waals surface area contributed by atoms with Gasteiger partial charge in [0.25, 0.3) is 0 Å². The monoisotopic (exact) mass is 321 g/mol. The first kappa shape index (κ1) is 14.3. The SMILES string of the molecule is Cc1nn(C)c(C)c1C(C)NCc1ccccc1Br. The Hall–Kier alpha value is -1.13. The average Bonchev–Trinajstić information content (AvgIpc) is 2.62. The molecule has 2 aromatic rings. The molecule has 1 unspecified atom stereocenters. The van der Waals surface area contributed by atoms with E-state index in [-0.39, 0.29) is 0 Å². The van der Waals surface area contributed by atoms with E-state index in [2.05, 4.69) is 65.3 Å². The maximum absolute atomic E-state index is 4.47. The maximum atomic E-state index is 4.47. The van der Waals surface area contributed by atoms with Gasteiger partial charge in [-0.15, -0.1) is 0 Å². The molecule has 0 amide bonds. The fourth-order valence-electron chi connectivity index (χ4n) is 2.42. The summed E-state index contributed by atoms with van der Waals surface area (Å²) in [6.07, 6.45) is 0. The number of benzene rings is 1. The number of hydrogen-bond acceptors (Lipinski definition) is 2. The van der Waals surface area contributed by atoms with Crippen molar-refractivity contribution in [1.29, 1.82) is 0 Å². The molecule has 1 atom stereocenters. The molecule has 0 aliphatic heterocycles. The van der Waals surface area contributed by atoms with Crippen molar-refractivity contribution in [3.8, 4) is 0 Å². The molecule has 0 saturated carbocycles. The first-order valence-corrected chi connectivity index (χ1v) is 7.27. The second kappa shape index (κ2) is 5.88. The predicted molar refractivity (Wildman–Crippen MR) is 82.1 cm³/mol. The topological polar surface area (TPSA) is 29.9 Å². The second-order valence-electron chi connectivity index (χ2n) is 4.90. The van der Waals surface area contributed by atoms with Gasteiger partial charge in [0.15, 0.2) is 0 Å². The molecule has 0 bridgehead atoms. The van der Waals surface area contributed by atoms with Crippen LogP contribution in [0.5, 0.6) is 0 Å². The fourth-order valence-corrected chi connectivity index (χ4v) is 2.85. The highest BCUT2D eigenvalue weighted by molar-refractivity contribution is 9.10. The van der Waals surface area contributed by atoms with Crippen LogP contribution in [0.4, 0.5) is 0 Å². The van der Waals surface area contributed by atoms with Gasteiger partial charge in [-0.05, 0) is 32.4 Å². The quantitative estimate of drug-likeness (QED) is 0.931. The summed E-state index contributed by atoms with van der Waals surface area (Å²) in [5.41, 5.74) is 4.90. The molecule has 1 N–H and O–H groups in total. The van der Waals surface area contributed by atoms with Crippen molar-refractivity contribution < 1.29 is 0 Å². The van der Waals surface area contributed by atoms with Gasteiger partial charge in [-0.2, -0.15) is 5.10 Å². The largest absolute Gasteiger partial charge is 0.306 e. The van der Waals surface area contributed by atoms with Gasteiger partial charge in [0.1, 0.15) is 0 Å². The number of aromatic nitrogens is 2. The van der Waals surface area contributed by atoms with Crippen LogP contribution in [0, 0.1) is 13.8 Å². The number of aryl methyl sites for hydroxylation is 2. The highest BCUT2D eigenvalue weighted by Gasteiger charge is 2.15. The van der Waals surface area contributed by atoms with E-state index in [0.717, 1.165) is 16.7 Å². The van der Waals surface area contributed by atoms with Crippen LogP contribution < -0.4 is 5.32 Å². The lowest BCUT2D eigenvalue weighted by atomic mass is 10.1. The summed E-state index contributed by atoms with van der Waals surface area (Å²) >= 11 is 3.58. The molecule has 0 saturated heterocycles. The van der Waals surface area contributed by atoms with E-state index in [4.69, 9.17) is 0 Å². The molecule has 0 spiro atoms. The molecule has 19 heavy (non-hydrogen) atoms. The third kappa shape index (κ3) is 3.07. The van der Waals surface area contributed by atoms with Crippen LogP contribution in [0.15, 0.2) is 28.7 Å². The van der Waals surface area contributed by atoms with E-state index in [0.29, 0.717) is 6.04 Å². The van der Waals surface area contributed by atoms with E-state index >= 15 is 0 Å². The third-order valence-corrected chi connectivity index (χ3v) is 4.33. The first-order valence-electron chi connectivity index (χ1n) is 6.47. The Morgan fingerprint density at radius 2 is 2.00 bits per heavy atom. The number of hydrogen-bond donors (Lipinski definition) is 1. The van der Waals surface area contributed by atoms with Gasteiger partial charge < -0.3 is 5.32 Å². The normalized spacial score (nSPS) is 12.7. The van der Waals surface area contributed by atoms with Crippen molar-refractivity contribution in [3.05, 3.63) is 51.3 Å². The van der Waals surface area contributed by atoms with Crippen LogP contribution in [-0.4, -0.2) is 9.78 Å². The lowest BCUT2D eigenvalue weighted by Gasteiger charge is -2.15. The Labute approximate surface area is 123 Å². The molecule has 0 radical (unpaired) electrons. The van der Waals surface area contributed by atoms with Gasteiger partial charge in [-0.1, -0.05) is 34.1 Å². The maximum Gasteiger partial charge on any atom is 0.0644 e. The zero-order valence-electron chi connectivity index (χ0n) is 11.9. The molecular weight excluding hydrogens is 302 g/mol. The minimum atomic E-state index is 0.292. The summed E-state index contributed by atoms with van der Waals surface area (Å²) in [6, 6.07) is 8.59. The number of nitrogens with one attached hydrogen (secondary N) is 1. The van der Waals surface area contributed by atoms with Gasteiger partial charge >= 0.3 is 0 Å². The summed E-state index contributed by atoms with van der Waals surface area (Å²) < 4.78 is 3.09. The van der Waals surface area contributed by atoms with Crippen LogP contribution in [0.2, 0.25) is 0 Å². The zero-order chi connectivity index (χ0) is 14.0. The molecule has 2 rings (SSSR count). The van der Waals surface area contributed by atoms with Crippen molar-refractivity contribution in [2.24, 2.45) is 7.05 Å². The minimum Gasteiger partial charge on any atom is -0.306 e. The molecule has 3 nitrogen and oxygen atoms in total. The fraction of sp³-hybridized carbons (Fsp3) is 0.400. The summed E-state index contributed by atoms with van der Waals surface area (Å²) in [6.45, 7) is 7.22. The molecular formula is C15H20BrN3. The van der Waals surface area contributed by atoms with Crippen molar-refractivity contribution in [3.63, 3.8) is 0 Å². The highest BCUT2D eigenvalue weighted by Crippen LogP contribution is 2.22. The smallest absolute Gasteiger partial charge is 0.0644 e. The van der Waals surface area contributed by atoms with Crippen LogP contribution in [-0.2, 0) is 13.6 Å². The van der Waals surface area contributed by atoms with E-state index < -0.39 is 0 Å². The number of nitrogens with zero attached hydrogens (tertiary/aromatic N) is 2. The number of rotatable bonds is 4. The Bertz CT molecular complexity index is 575. The lowest BCUT2D eigenvalue weighted by Crippen LogP contribution is -2.19. The molecule has 1 aromatic heterocycles. The van der Waals surface area contributed by atoms with Crippen LogP contribution in [0.3, 0.4) is 0 Å². The standard InChI is InChI=1S/C15H20BrN3/c1-10(15-11(2)18-19(4)12(15)3)17-9-13-7-5-6-8-14(13)16/h5-8,10,17H,9H2,1-4H3. The second-order valence-corrected chi connectivity index (χ2v) is 5.76. The third-order valence-electron chi connectivity index (χ3n) is 3.55. The van der Waals surface area contributed by atoms with Gasteiger partial charge in [-0.3, -0.25) is 4.68 Å². The van der Waals surface area contributed by atoms with Gasteiger partial charge in [0, 0.05) is 35.4 Å². The zero-order valence-corrected chi connectivity index (χ0v) is 13.5. The molecule has 102 valence electrons. The highest BCUT2D eigenvalue weighted by atomic mass is 79.9. The molecule has 0 fully saturated rings. The predicted octanol–water partition coefficient (Wildman–Crippen LogP) is 3.65. The van der Waals surface area contributed by atoms with E-state index in [9.17, 15) is 0 Å². The van der Waals surface area contributed by atoms with Gasteiger partial charge in [-0.25, -0.2) is 0 Å². The van der Waals surface area contributed by atoms with E-state index in [1.54, 1.807) is 0 Å². The Morgan fingerprint density at radius 3 is 2.58 bits per heavy atom. The summed E-state index contributed by atoms with van der Waals surface area (Å²) in [7, 11) is 1.99. The molecule has 4 heteroatoms.